The van der Waals surface area contributed by atoms with Gasteiger partial charge in [0.05, 0.1) is 19.2 Å². The van der Waals surface area contributed by atoms with Crippen LogP contribution in [-0.2, 0) is 0 Å². The van der Waals surface area contributed by atoms with Crippen LogP contribution < -0.4 is 4.74 Å². The highest BCUT2D eigenvalue weighted by Gasteiger charge is 2.33. The van der Waals surface area contributed by atoms with Crippen LogP contribution in [0.4, 0.5) is 13.2 Å². The number of carbonyl (C=O) groups excluding carboxylic acids is 1. The van der Waals surface area contributed by atoms with E-state index in [1.54, 1.807) is 13.3 Å². The predicted molar refractivity (Wildman–Crippen MR) is 120 cm³/mol. The van der Waals surface area contributed by atoms with Crippen molar-refractivity contribution in [1.29, 1.82) is 0 Å². The van der Waals surface area contributed by atoms with Crippen molar-refractivity contribution in [3.8, 4) is 17.0 Å². The van der Waals surface area contributed by atoms with Gasteiger partial charge in [-0.25, -0.2) is 4.98 Å². The van der Waals surface area contributed by atoms with E-state index in [1.807, 2.05) is 44.3 Å². The van der Waals surface area contributed by atoms with E-state index in [4.69, 9.17) is 4.74 Å². The summed E-state index contributed by atoms with van der Waals surface area (Å²) in [5.41, 5.74) is 5.18. The lowest BCUT2D eigenvalue weighted by atomic mass is 10.00. The number of ether oxygens (including phenoxy) is 1. The van der Waals surface area contributed by atoms with Gasteiger partial charge in [0.2, 0.25) is 5.88 Å². The summed E-state index contributed by atoms with van der Waals surface area (Å²) < 4.78 is 45.6. The van der Waals surface area contributed by atoms with Crippen LogP contribution in [0.25, 0.3) is 16.6 Å². The maximum absolute atomic E-state index is 12.8. The number of nitrogens with zero attached hydrogens (tertiary/aromatic N) is 4. The second-order valence-corrected chi connectivity index (χ2v) is 8.40. The van der Waals surface area contributed by atoms with Crippen molar-refractivity contribution in [2.24, 2.45) is 0 Å². The number of rotatable bonds is 6. The van der Waals surface area contributed by atoms with Gasteiger partial charge < -0.3 is 9.14 Å². The molecule has 0 saturated carbocycles. The molecule has 4 heterocycles. The van der Waals surface area contributed by atoms with Crippen LogP contribution in [0.1, 0.15) is 34.6 Å². The Balaban J connectivity index is 1.69. The average Bonchev–Trinajstić information content (AvgIpc) is 3.21. The topological polar surface area (TPSA) is 50.1 Å². The van der Waals surface area contributed by atoms with Gasteiger partial charge in [-0.05, 0) is 43.2 Å². The number of halogens is 3. The SMILES string of the molecule is COc1cc(-c2ccn3c(C(C)N4CCN(CC(F)(F)F)CC4)c(C)c(C=O)cc23)ccn1. The van der Waals surface area contributed by atoms with Crippen LogP contribution in [0.15, 0.2) is 36.7 Å². The normalized spacial score (nSPS) is 16.8. The number of hydrogen-bond donors (Lipinski definition) is 0. The molecule has 1 aliphatic rings. The summed E-state index contributed by atoms with van der Waals surface area (Å²) in [6.07, 6.45) is 0.324. The minimum absolute atomic E-state index is 0.0762. The van der Waals surface area contributed by atoms with Crippen LogP contribution in [-0.4, -0.2) is 71.5 Å². The van der Waals surface area contributed by atoms with Crippen LogP contribution >= 0.6 is 0 Å². The minimum atomic E-state index is -4.19. The van der Waals surface area contributed by atoms with Gasteiger partial charge in [0.15, 0.2) is 0 Å². The number of pyridine rings is 2. The molecule has 4 rings (SSSR count). The van der Waals surface area contributed by atoms with E-state index >= 15 is 0 Å². The van der Waals surface area contributed by atoms with E-state index < -0.39 is 12.7 Å². The van der Waals surface area contributed by atoms with Crippen LogP contribution in [0, 0.1) is 6.92 Å². The Morgan fingerprint density at radius 2 is 1.91 bits per heavy atom. The Labute approximate surface area is 190 Å². The van der Waals surface area contributed by atoms with Gasteiger partial charge in [-0.2, -0.15) is 13.2 Å². The maximum Gasteiger partial charge on any atom is 0.401 e. The fraction of sp³-hybridized carbons (Fsp3) is 0.417. The Hall–Kier alpha value is -2.91. The number of hydrogen-bond acceptors (Lipinski definition) is 5. The number of methoxy groups -OCH3 is 1. The highest BCUT2D eigenvalue weighted by molar-refractivity contribution is 5.87. The molecule has 176 valence electrons. The second-order valence-electron chi connectivity index (χ2n) is 8.40. The van der Waals surface area contributed by atoms with E-state index in [2.05, 4.69) is 14.3 Å². The zero-order chi connectivity index (χ0) is 23.8. The molecular weight excluding hydrogens is 433 g/mol. The first-order valence-corrected chi connectivity index (χ1v) is 10.8. The van der Waals surface area contributed by atoms with Crippen molar-refractivity contribution in [2.45, 2.75) is 26.1 Å². The molecule has 33 heavy (non-hydrogen) atoms. The third-order valence-electron chi connectivity index (χ3n) is 6.43. The first-order chi connectivity index (χ1) is 15.7. The molecule has 1 saturated heterocycles. The summed E-state index contributed by atoms with van der Waals surface area (Å²) in [7, 11) is 1.56. The number of fused-ring (bicyclic) bond motifs is 1. The van der Waals surface area contributed by atoms with Crippen LogP contribution in [0.2, 0.25) is 0 Å². The van der Waals surface area contributed by atoms with Gasteiger partial charge in [0, 0.05) is 67.5 Å². The smallest absolute Gasteiger partial charge is 0.401 e. The van der Waals surface area contributed by atoms with E-state index in [9.17, 15) is 18.0 Å². The lowest BCUT2D eigenvalue weighted by Crippen LogP contribution is -2.49. The molecule has 1 atom stereocenters. The third-order valence-corrected chi connectivity index (χ3v) is 6.43. The summed E-state index contributed by atoms with van der Waals surface area (Å²) in [6.45, 7) is 4.85. The van der Waals surface area contributed by atoms with Crippen LogP contribution in [0.5, 0.6) is 5.88 Å². The van der Waals surface area contributed by atoms with E-state index in [0.717, 1.165) is 34.2 Å². The lowest BCUT2D eigenvalue weighted by Gasteiger charge is -2.39. The highest BCUT2D eigenvalue weighted by Crippen LogP contribution is 2.34. The quantitative estimate of drug-likeness (QED) is 0.512. The van der Waals surface area contributed by atoms with Crippen molar-refractivity contribution in [1.82, 2.24) is 19.2 Å². The number of carbonyl (C=O) groups is 1. The second kappa shape index (κ2) is 9.15. The minimum Gasteiger partial charge on any atom is -0.481 e. The summed E-state index contributed by atoms with van der Waals surface area (Å²) >= 11 is 0. The Bertz CT molecular complexity index is 1150. The van der Waals surface area contributed by atoms with Gasteiger partial charge in [-0.3, -0.25) is 14.6 Å². The van der Waals surface area contributed by atoms with Gasteiger partial charge >= 0.3 is 6.18 Å². The van der Waals surface area contributed by atoms with Crippen LogP contribution in [0.3, 0.4) is 0 Å². The van der Waals surface area contributed by atoms with Gasteiger partial charge in [-0.1, -0.05) is 0 Å². The maximum atomic E-state index is 12.8. The number of piperazine rings is 1. The highest BCUT2D eigenvalue weighted by atomic mass is 19.4. The van der Waals surface area contributed by atoms with Gasteiger partial charge in [0.1, 0.15) is 6.29 Å². The van der Waals surface area contributed by atoms with E-state index in [0.29, 0.717) is 37.6 Å². The van der Waals surface area contributed by atoms with Crippen molar-refractivity contribution < 1.29 is 22.7 Å². The van der Waals surface area contributed by atoms with Gasteiger partial charge in [0.25, 0.3) is 0 Å². The molecule has 0 N–H and O–H groups in total. The fourth-order valence-electron chi connectivity index (χ4n) is 4.69. The Morgan fingerprint density at radius 3 is 2.55 bits per heavy atom. The molecular formula is C24H27F3N4O2. The van der Waals surface area contributed by atoms with Gasteiger partial charge in [-0.15, -0.1) is 0 Å². The summed E-state index contributed by atoms with van der Waals surface area (Å²) in [6, 6.07) is 7.53. The molecule has 0 aromatic carbocycles. The predicted octanol–water partition coefficient (Wildman–Crippen LogP) is 4.37. The monoisotopic (exact) mass is 460 g/mol. The molecule has 0 aliphatic carbocycles. The summed E-state index contributed by atoms with van der Waals surface area (Å²) in [5, 5.41) is 0. The zero-order valence-electron chi connectivity index (χ0n) is 18.9. The average molecular weight is 461 g/mol. The third kappa shape index (κ3) is 4.74. The first kappa shape index (κ1) is 23.3. The molecule has 1 fully saturated rings. The molecule has 3 aromatic heterocycles. The Morgan fingerprint density at radius 1 is 1.18 bits per heavy atom. The molecule has 3 aromatic rings. The standard InChI is InChI=1S/C24H27F3N4O2/c1-16-19(14-32)12-21-20(18-4-6-28-22(13-18)33-3)5-7-31(21)23(16)17(2)30-10-8-29(9-11-30)15-24(25,26)27/h4-7,12-14,17H,8-11,15H2,1-3H3. The summed E-state index contributed by atoms with van der Waals surface area (Å²) in [4.78, 5) is 19.7. The molecule has 9 heteroatoms. The lowest BCUT2D eigenvalue weighted by molar-refractivity contribution is -0.149. The number of aromatic nitrogens is 2. The largest absolute Gasteiger partial charge is 0.481 e. The van der Waals surface area contributed by atoms with E-state index in [1.165, 1.54) is 4.90 Å². The molecule has 0 radical (unpaired) electrons. The first-order valence-electron chi connectivity index (χ1n) is 10.8. The summed E-state index contributed by atoms with van der Waals surface area (Å²) in [5.74, 6) is 0.500. The molecule has 0 spiro atoms. The van der Waals surface area contributed by atoms with E-state index in [-0.39, 0.29) is 6.04 Å². The molecule has 1 aliphatic heterocycles. The van der Waals surface area contributed by atoms with Crippen molar-refractivity contribution in [3.63, 3.8) is 0 Å². The molecule has 6 nitrogen and oxygen atoms in total. The van der Waals surface area contributed by atoms with Crippen molar-refractivity contribution in [3.05, 3.63) is 53.5 Å². The molecule has 1 unspecified atom stereocenters. The molecule has 0 bridgehead atoms. The number of alkyl halides is 3. The van der Waals surface area contributed by atoms with Crippen molar-refractivity contribution in [2.75, 3.05) is 39.8 Å². The van der Waals surface area contributed by atoms with Crippen molar-refractivity contribution >= 4 is 11.8 Å². The Kier molecular flexibility index (Phi) is 6.45. The number of aldehydes is 1. The zero-order valence-corrected chi connectivity index (χ0v) is 18.9. The fourth-order valence-corrected chi connectivity index (χ4v) is 4.69. The molecule has 0 amide bonds.